The molecular weight excluding hydrogens is 557 g/mol. The highest BCUT2D eigenvalue weighted by Crippen LogP contribution is 2.36. The first-order valence-corrected chi connectivity index (χ1v) is 19.6. The van der Waals surface area contributed by atoms with Gasteiger partial charge in [-0.05, 0) is 47.0 Å². The molecule has 0 amide bonds. The molecule has 0 aliphatic rings. The van der Waals surface area contributed by atoms with Crippen LogP contribution in [-0.4, -0.2) is 35.2 Å². The van der Waals surface area contributed by atoms with Crippen molar-refractivity contribution in [3.63, 3.8) is 0 Å². The number of ether oxygens (including phenoxy) is 2. The number of hydrogen-bond donors (Lipinski definition) is 0. The molecule has 0 fully saturated rings. The van der Waals surface area contributed by atoms with E-state index in [9.17, 15) is 21.6 Å². The molecule has 2 aromatic carbocycles. The molecule has 5 nitrogen and oxygen atoms in total. The van der Waals surface area contributed by atoms with Gasteiger partial charge in [0.25, 0.3) is 0 Å². The molecular formula is C30H47F3O5SSi. The standard InChI is InChI=1S/C30H47F3O5SSi/c1-6-8-10-12-14-16-18-36-26-20-24-22-28(38-39(34,35)30(31,32)33)29(40(3,4)5)23-25(24)21-27(26)37-19-17-15-13-11-9-7-2/h20-23H,6-19H2,1-5H3. The van der Waals surface area contributed by atoms with Crippen molar-refractivity contribution >= 4 is 34.2 Å². The van der Waals surface area contributed by atoms with E-state index in [2.05, 4.69) is 18.0 Å². The van der Waals surface area contributed by atoms with Crippen LogP contribution in [0, 0.1) is 0 Å². The quantitative estimate of drug-likeness (QED) is 0.0693. The molecule has 2 aromatic rings. The van der Waals surface area contributed by atoms with E-state index in [0.29, 0.717) is 35.3 Å². The molecule has 40 heavy (non-hydrogen) atoms. The highest BCUT2D eigenvalue weighted by molar-refractivity contribution is 7.88. The first-order valence-electron chi connectivity index (χ1n) is 14.7. The zero-order valence-corrected chi connectivity index (χ0v) is 26.6. The lowest BCUT2D eigenvalue weighted by atomic mass is 10.1. The summed E-state index contributed by atoms with van der Waals surface area (Å²) in [4.78, 5) is 0. The highest BCUT2D eigenvalue weighted by Gasteiger charge is 2.49. The topological polar surface area (TPSA) is 61.8 Å². The van der Waals surface area contributed by atoms with Crippen molar-refractivity contribution in [2.75, 3.05) is 13.2 Å². The van der Waals surface area contributed by atoms with Gasteiger partial charge in [-0.25, -0.2) is 0 Å². The van der Waals surface area contributed by atoms with Crippen molar-refractivity contribution in [1.29, 1.82) is 0 Å². The Kier molecular flexibility index (Phi) is 13.6. The molecule has 0 N–H and O–H groups in total. The van der Waals surface area contributed by atoms with Gasteiger partial charge in [-0.1, -0.05) is 104 Å². The summed E-state index contributed by atoms with van der Waals surface area (Å²) in [6.45, 7) is 11.2. The number of alkyl halides is 3. The van der Waals surface area contributed by atoms with Crippen LogP contribution in [0.3, 0.4) is 0 Å². The molecule has 0 unspecified atom stereocenters. The predicted molar refractivity (Wildman–Crippen MR) is 160 cm³/mol. The average molecular weight is 605 g/mol. The molecule has 0 radical (unpaired) electrons. The normalized spacial score (nSPS) is 12.6. The summed E-state index contributed by atoms with van der Waals surface area (Å²) in [7, 11) is -8.11. The zero-order chi connectivity index (χ0) is 29.8. The van der Waals surface area contributed by atoms with Crippen molar-refractivity contribution in [2.45, 2.75) is 116 Å². The predicted octanol–water partition coefficient (Wildman–Crippen LogP) is 9.09. The first-order chi connectivity index (χ1) is 18.8. The SMILES string of the molecule is CCCCCCCCOc1cc2cc(OS(=O)(=O)C(F)(F)F)c([Si](C)(C)C)cc2cc1OCCCCCCCC. The van der Waals surface area contributed by atoms with Crippen LogP contribution in [0.25, 0.3) is 10.8 Å². The fraction of sp³-hybridized carbons (Fsp3) is 0.667. The minimum absolute atomic E-state index is 0.286. The van der Waals surface area contributed by atoms with Gasteiger partial charge in [0.05, 0.1) is 21.3 Å². The van der Waals surface area contributed by atoms with E-state index in [1.54, 1.807) is 12.1 Å². The van der Waals surface area contributed by atoms with Crippen LogP contribution in [-0.2, 0) is 10.1 Å². The lowest BCUT2D eigenvalue weighted by molar-refractivity contribution is -0.0499. The summed E-state index contributed by atoms with van der Waals surface area (Å²) >= 11 is 0. The van der Waals surface area contributed by atoms with Gasteiger partial charge in [-0.15, -0.1) is 0 Å². The number of halogens is 3. The zero-order valence-electron chi connectivity index (χ0n) is 24.8. The van der Waals surface area contributed by atoms with Crippen molar-refractivity contribution in [3.8, 4) is 17.2 Å². The summed E-state index contributed by atoms with van der Waals surface area (Å²) in [6, 6.07) is 6.66. The van der Waals surface area contributed by atoms with Gasteiger partial charge >= 0.3 is 15.6 Å². The van der Waals surface area contributed by atoms with E-state index in [0.717, 1.165) is 37.5 Å². The maximum atomic E-state index is 13.1. The third-order valence-electron chi connectivity index (χ3n) is 6.80. The van der Waals surface area contributed by atoms with E-state index in [1.807, 2.05) is 25.7 Å². The molecule has 10 heteroatoms. The second-order valence-electron chi connectivity index (χ2n) is 11.5. The molecule has 0 heterocycles. The first kappa shape index (κ1) is 34.3. The number of fused-ring (bicyclic) bond motifs is 1. The molecule has 0 aromatic heterocycles. The van der Waals surface area contributed by atoms with Crippen LogP contribution in [0.2, 0.25) is 19.6 Å². The Morgan fingerprint density at radius 3 is 1.48 bits per heavy atom. The van der Waals surface area contributed by atoms with E-state index in [-0.39, 0.29) is 5.75 Å². The van der Waals surface area contributed by atoms with Gasteiger partial charge in [-0.3, -0.25) is 0 Å². The molecule has 0 bridgehead atoms. The fourth-order valence-corrected chi connectivity index (χ4v) is 6.46. The Morgan fingerprint density at radius 1 is 0.650 bits per heavy atom. The van der Waals surface area contributed by atoms with Gasteiger partial charge in [0.2, 0.25) is 0 Å². The van der Waals surface area contributed by atoms with E-state index in [1.165, 1.54) is 51.0 Å². The van der Waals surface area contributed by atoms with Crippen LogP contribution >= 0.6 is 0 Å². The molecule has 2 rings (SSSR count). The summed E-state index contributed by atoms with van der Waals surface area (Å²) in [6.07, 6.45) is 13.5. The largest absolute Gasteiger partial charge is 0.534 e. The van der Waals surface area contributed by atoms with Crippen LogP contribution in [0.4, 0.5) is 13.2 Å². The maximum Gasteiger partial charge on any atom is 0.534 e. The fourth-order valence-electron chi connectivity index (χ4n) is 4.46. The smallest absolute Gasteiger partial charge is 0.490 e. The average Bonchev–Trinajstić information content (AvgIpc) is 2.86. The summed E-state index contributed by atoms with van der Waals surface area (Å²) in [5.41, 5.74) is -5.52. The lowest BCUT2D eigenvalue weighted by Gasteiger charge is -2.22. The Bertz CT molecular complexity index is 1160. The van der Waals surface area contributed by atoms with Crippen molar-refractivity contribution < 1.29 is 35.2 Å². The van der Waals surface area contributed by atoms with Crippen LogP contribution in [0.15, 0.2) is 24.3 Å². The highest BCUT2D eigenvalue weighted by atomic mass is 32.2. The third-order valence-corrected chi connectivity index (χ3v) is 9.78. The second-order valence-corrected chi connectivity index (χ2v) is 18.0. The van der Waals surface area contributed by atoms with Crippen LogP contribution in [0.5, 0.6) is 17.2 Å². The molecule has 0 spiro atoms. The molecule has 0 aliphatic carbocycles. The van der Waals surface area contributed by atoms with Gasteiger partial charge in [0.1, 0.15) is 5.75 Å². The third kappa shape index (κ3) is 10.8. The van der Waals surface area contributed by atoms with Crippen LogP contribution < -0.4 is 18.8 Å². The monoisotopic (exact) mass is 604 g/mol. The number of benzene rings is 2. The molecule has 228 valence electrons. The van der Waals surface area contributed by atoms with Gasteiger partial charge in [0, 0.05) is 0 Å². The molecule has 0 atom stereocenters. The Hall–Kier alpha value is -1.94. The Morgan fingerprint density at radius 2 is 1.05 bits per heavy atom. The minimum Gasteiger partial charge on any atom is -0.490 e. The van der Waals surface area contributed by atoms with E-state index in [4.69, 9.17) is 9.47 Å². The number of hydrogen-bond acceptors (Lipinski definition) is 5. The second kappa shape index (κ2) is 15.9. The maximum absolute atomic E-state index is 13.1. The summed E-state index contributed by atoms with van der Waals surface area (Å²) in [5.74, 6) is 0.800. The van der Waals surface area contributed by atoms with Crippen LogP contribution in [0.1, 0.15) is 90.9 Å². The van der Waals surface area contributed by atoms with Gasteiger partial charge in [0.15, 0.2) is 11.5 Å². The molecule has 0 saturated heterocycles. The Balaban J connectivity index is 2.35. The summed E-state index contributed by atoms with van der Waals surface area (Å²) < 4.78 is 80.1. The number of unbranched alkanes of at least 4 members (excludes halogenated alkanes) is 10. The van der Waals surface area contributed by atoms with Gasteiger partial charge < -0.3 is 13.7 Å². The van der Waals surface area contributed by atoms with Crippen molar-refractivity contribution in [2.24, 2.45) is 0 Å². The number of rotatable bonds is 19. The van der Waals surface area contributed by atoms with Crippen molar-refractivity contribution in [3.05, 3.63) is 24.3 Å². The van der Waals surface area contributed by atoms with E-state index < -0.39 is 23.7 Å². The summed E-state index contributed by atoms with van der Waals surface area (Å²) in [5, 5.41) is 1.74. The molecule has 0 saturated carbocycles. The minimum atomic E-state index is -5.81. The lowest BCUT2D eigenvalue weighted by Crippen LogP contribution is -2.40. The van der Waals surface area contributed by atoms with Gasteiger partial charge in [-0.2, -0.15) is 21.6 Å². The van der Waals surface area contributed by atoms with Crippen molar-refractivity contribution in [1.82, 2.24) is 0 Å². The Labute approximate surface area is 239 Å². The molecule has 0 aliphatic heterocycles. The van der Waals surface area contributed by atoms with E-state index >= 15 is 0 Å².